The molecule has 2 aromatic heterocycles. The standard InChI is InChI=1S/C14H17N3O2S/c1-10-16-12(9-19-10)14(18)17-5-2-11(3-6-17)8-13-15-4-7-20-13/h4,7,9,11H,2-3,5-6,8H2,1H3. The monoisotopic (exact) mass is 291 g/mol. The van der Waals surface area contributed by atoms with Crippen molar-refractivity contribution in [3.63, 3.8) is 0 Å². The SMILES string of the molecule is Cc1nc(C(=O)N2CCC(Cc3nccs3)CC2)co1. The van der Waals surface area contributed by atoms with Gasteiger partial charge in [0, 0.05) is 38.0 Å². The van der Waals surface area contributed by atoms with E-state index in [0.29, 0.717) is 17.5 Å². The van der Waals surface area contributed by atoms with E-state index in [2.05, 4.69) is 9.97 Å². The zero-order chi connectivity index (χ0) is 13.9. The lowest BCUT2D eigenvalue weighted by molar-refractivity contribution is 0.0684. The number of hydrogen-bond acceptors (Lipinski definition) is 5. The van der Waals surface area contributed by atoms with E-state index in [1.807, 2.05) is 16.5 Å². The van der Waals surface area contributed by atoms with Gasteiger partial charge < -0.3 is 9.32 Å². The summed E-state index contributed by atoms with van der Waals surface area (Å²) in [6.45, 7) is 3.33. The van der Waals surface area contributed by atoms with Crippen molar-refractivity contribution in [3.05, 3.63) is 34.4 Å². The lowest BCUT2D eigenvalue weighted by Gasteiger charge is -2.31. The number of aryl methyl sites for hydroxylation is 1. The summed E-state index contributed by atoms with van der Waals surface area (Å²) in [6.07, 6.45) is 6.39. The second-order valence-corrected chi connectivity index (χ2v) is 6.10. The number of piperidine rings is 1. The van der Waals surface area contributed by atoms with E-state index < -0.39 is 0 Å². The molecule has 0 spiro atoms. The van der Waals surface area contributed by atoms with Gasteiger partial charge in [-0.2, -0.15) is 0 Å². The highest BCUT2D eigenvalue weighted by Gasteiger charge is 2.25. The highest BCUT2D eigenvalue weighted by atomic mass is 32.1. The zero-order valence-corrected chi connectivity index (χ0v) is 12.2. The smallest absolute Gasteiger partial charge is 0.275 e. The third-order valence-corrected chi connectivity index (χ3v) is 4.49. The molecule has 0 N–H and O–H groups in total. The molecule has 1 aliphatic heterocycles. The maximum Gasteiger partial charge on any atom is 0.275 e. The van der Waals surface area contributed by atoms with Gasteiger partial charge in [-0.25, -0.2) is 9.97 Å². The van der Waals surface area contributed by atoms with Crippen molar-refractivity contribution < 1.29 is 9.21 Å². The van der Waals surface area contributed by atoms with Crippen molar-refractivity contribution >= 4 is 17.2 Å². The molecular weight excluding hydrogens is 274 g/mol. The molecule has 0 radical (unpaired) electrons. The van der Waals surface area contributed by atoms with Crippen LogP contribution in [0.4, 0.5) is 0 Å². The zero-order valence-electron chi connectivity index (χ0n) is 11.4. The lowest BCUT2D eigenvalue weighted by atomic mass is 9.94. The number of nitrogens with zero attached hydrogens (tertiary/aromatic N) is 3. The summed E-state index contributed by atoms with van der Waals surface area (Å²) in [6, 6.07) is 0. The molecule has 0 aliphatic carbocycles. The van der Waals surface area contributed by atoms with Crippen LogP contribution in [0.3, 0.4) is 0 Å². The van der Waals surface area contributed by atoms with Crippen LogP contribution < -0.4 is 0 Å². The van der Waals surface area contributed by atoms with Crippen LogP contribution in [0.15, 0.2) is 22.3 Å². The fraction of sp³-hybridized carbons (Fsp3) is 0.500. The minimum absolute atomic E-state index is 0.0189. The molecule has 6 heteroatoms. The summed E-state index contributed by atoms with van der Waals surface area (Å²) >= 11 is 1.71. The van der Waals surface area contributed by atoms with Gasteiger partial charge in [-0.05, 0) is 18.8 Å². The van der Waals surface area contributed by atoms with E-state index in [1.54, 1.807) is 18.3 Å². The van der Waals surface area contributed by atoms with E-state index in [0.717, 1.165) is 32.4 Å². The Kier molecular flexibility index (Phi) is 3.82. The third-order valence-electron chi connectivity index (χ3n) is 3.69. The Hall–Kier alpha value is -1.69. The van der Waals surface area contributed by atoms with E-state index >= 15 is 0 Å². The largest absolute Gasteiger partial charge is 0.448 e. The molecule has 1 amide bonds. The predicted molar refractivity (Wildman–Crippen MR) is 75.7 cm³/mol. The average molecular weight is 291 g/mol. The van der Waals surface area contributed by atoms with Crippen molar-refractivity contribution in [2.45, 2.75) is 26.2 Å². The van der Waals surface area contributed by atoms with Gasteiger partial charge in [-0.3, -0.25) is 4.79 Å². The molecule has 3 rings (SSSR count). The van der Waals surface area contributed by atoms with Crippen molar-refractivity contribution in [2.24, 2.45) is 5.92 Å². The van der Waals surface area contributed by atoms with Crippen molar-refractivity contribution in [1.82, 2.24) is 14.9 Å². The fourth-order valence-electron chi connectivity index (χ4n) is 2.56. The number of rotatable bonds is 3. The van der Waals surface area contributed by atoms with Crippen LogP contribution in [0.2, 0.25) is 0 Å². The quantitative estimate of drug-likeness (QED) is 0.872. The maximum atomic E-state index is 12.2. The van der Waals surface area contributed by atoms with Crippen LogP contribution in [0.5, 0.6) is 0 Å². The second kappa shape index (κ2) is 5.75. The Morgan fingerprint density at radius 2 is 2.30 bits per heavy atom. The Balaban J connectivity index is 1.54. The highest BCUT2D eigenvalue weighted by Crippen LogP contribution is 2.23. The summed E-state index contributed by atoms with van der Waals surface area (Å²) in [5.41, 5.74) is 0.417. The van der Waals surface area contributed by atoms with Gasteiger partial charge in [0.2, 0.25) is 0 Å². The number of oxazole rings is 1. The predicted octanol–water partition coefficient (Wildman–Crippen LogP) is 2.53. The Bertz CT molecular complexity index is 571. The first-order chi connectivity index (χ1) is 9.72. The van der Waals surface area contributed by atoms with Gasteiger partial charge in [-0.1, -0.05) is 0 Å². The molecule has 1 saturated heterocycles. The van der Waals surface area contributed by atoms with Crippen LogP contribution in [0.1, 0.15) is 34.2 Å². The Morgan fingerprint density at radius 3 is 2.90 bits per heavy atom. The van der Waals surface area contributed by atoms with Gasteiger partial charge >= 0.3 is 0 Å². The molecule has 2 aromatic rings. The highest BCUT2D eigenvalue weighted by molar-refractivity contribution is 7.09. The number of hydrogen-bond donors (Lipinski definition) is 0. The fourth-order valence-corrected chi connectivity index (χ4v) is 3.30. The van der Waals surface area contributed by atoms with Crippen molar-refractivity contribution in [1.29, 1.82) is 0 Å². The number of aromatic nitrogens is 2. The third kappa shape index (κ3) is 2.90. The first-order valence-electron chi connectivity index (χ1n) is 6.82. The summed E-state index contributed by atoms with van der Waals surface area (Å²) in [7, 11) is 0. The summed E-state index contributed by atoms with van der Waals surface area (Å²) in [5.74, 6) is 1.14. The maximum absolute atomic E-state index is 12.2. The molecule has 0 bridgehead atoms. The van der Waals surface area contributed by atoms with Gasteiger partial charge in [0.05, 0.1) is 5.01 Å². The number of likely N-dealkylation sites (tertiary alicyclic amines) is 1. The molecular formula is C14H17N3O2S. The van der Waals surface area contributed by atoms with Gasteiger partial charge in [0.1, 0.15) is 6.26 Å². The van der Waals surface area contributed by atoms with Crippen molar-refractivity contribution in [3.8, 4) is 0 Å². The van der Waals surface area contributed by atoms with E-state index in [-0.39, 0.29) is 5.91 Å². The Morgan fingerprint density at radius 1 is 1.50 bits per heavy atom. The Labute approximate surface area is 121 Å². The molecule has 0 unspecified atom stereocenters. The number of carbonyl (C=O) groups is 1. The lowest BCUT2D eigenvalue weighted by Crippen LogP contribution is -2.39. The molecule has 5 nitrogen and oxygen atoms in total. The van der Waals surface area contributed by atoms with E-state index in [9.17, 15) is 4.79 Å². The van der Waals surface area contributed by atoms with Crippen LogP contribution in [-0.4, -0.2) is 33.9 Å². The summed E-state index contributed by atoms with van der Waals surface area (Å²) < 4.78 is 5.10. The molecule has 1 aliphatic rings. The first kappa shape index (κ1) is 13.3. The normalized spacial score (nSPS) is 16.6. The minimum Gasteiger partial charge on any atom is -0.448 e. The van der Waals surface area contributed by atoms with E-state index in [1.165, 1.54) is 11.3 Å². The molecule has 0 aromatic carbocycles. The summed E-state index contributed by atoms with van der Waals surface area (Å²) in [5, 5.41) is 3.21. The van der Waals surface area contributed by atoms with Gasteiger partial charge in [0.25, 0.3) is 5.91 Å². The van der Waals surface area contributed by atoms with Crippen LogP contribution in [-0.2, 0) is 6.42 Å². The van der Waals surface area contributed by atoms with Crippen molar-refractivity contribution in [2.75, 3.05) is 13.1 Å². The minimum atomic E-state index is -0.0189. The second-order valence-electron chi connectivity index (χ2n) is 5.12. The van der Waals surface area contributed by atoms with Crippen LogP contribution in [0, 0.1) is 12.8 Å². The first-order valence-corrected chi connectivity index (χ1v) is 7.70. The number of amides is 1. The van der Waals surface area contributed by atoms with Gasteiger partial charge in [0.15, 0.2) is 11.6 Å². The number of carbonyl (C=O) groups excluding carboxylic acids is 1. The topological polar surface area (TPSA) is 59.2 Å². The van der Waals surface area contributed by atoms with Crippen LogP contribution in [0.25, 0.3) is 0 Å². The molecule has 3 heterocycles. The van der Waals surface area contributed by atoms with E-state index in [4.69, 9.17) is 4.42 Å². The molecule has 0 atom stereocenters. The average Bonchev–Trinajstić information content (AvgIpc) is 3.10. The molecule has 0 saturated carbocycles. The van der Waals surface area contributed by atoms with Crippen LogP contribution >= 0.6 is 11.3 Å². The molecule has 106 valence electrons. The summed E-state index contributed by atoms with van der Waals surface area (Å²) in [4.78, 5) is 22.5. The van der Waals surface area contributed by atoms with Gasteiger partial charge in [-0.15, -0.1) is 11.3 Å². The number of thiazole rings is 1. The molecule has 1 fully saturated rings. The molecule has 20 heavy (non-hydrogen) atoms.